The first-order valence-electron chi connectivity index (χ1n) is 12.4. The van der Waals surface area contributed by atoms with Crippen molar-refractivity contribution in [2.75, 3.05) is 40.9 Å². The summed E-state index contributed by atoms with van der Waals surface area (Å²) < 4.78 is 22.1. The highest BCUT2D eigenvalue weighted by Gasteiger charge is 2.20. The average Bonchev–Trinajstić information content (AvgIpc) is 2.73. The second-order valence-electron chi connectivity index (χ2n) is 9.61. The van der Waals surface area contributed by atoms with E-state index in [4.69, 9.17) is 14.6 Å². The summed E-state index contributed by atoms with van der Waals surface area (Å²) in [5.74, 6) is 0. The first kappa shape index (κ1) is 32.1. The molecule has 1 unspecified atom stereocenters. The van der Waals surface area contributed by atoms with Gasteiger partial charge in [0, 0.05) is 4.91 Å². The highest BCUT2D eigenvalue weighted by molar-refractivity contribution is 7.45. The Morgan fingerprint density at radius 2 is 1.58 bits per heavy atom. The van der Waals surface area contributed by atoms with Gasteiger partial charge in [-0.1, -0.05) is 88.4 Å². The molecule has 3 atom stereocenters. The molecule has 0 spiro atoms. The van der Waals surface area contributed by atoms with Crippen LogP contribution in [0.5, 0.6) is 0 Å². The summed E-state index contributed by atoms with van der Waals surface area (Å²) in [6, 6.07) is -1.05. The summed E-state index contributed by atoms with van der Waals surface area (Å²) >= 11 is 0. The number of rotatable bonds is 22. The molecular formula is C23H47N4O5P. The van der Waals surface area contributed by atoms with Crippen molar-refractivity contribution in [1.29, 1.82) is 0 Å². The molecule has 0 heterocycles. The zero-order valence-corrected chi connectivity index (χ0v) is 22.1. The smallest absolute Gasteiger partial charge is 0.268 e. The zero-order valence-electron chi connectivity index (χ0n) is 21.2. The summed E-state index contributed by atoms with van der Waals surface area (Å²) in [4.78, 5) is 14.6. The fourth-order valence-corrected chi connectivity index (χ4v) is 3.90. The first-order chi connectivity index (χ1) is 15.6. The van der Waals surface area contributed by atoms with Crippen LogP contribution in [-0.4, -0.2) is 62.6 Å². The fourth-order valence-electron chi connectivity index (χ4n) is 3.19. The third-order valence-electron chi connectivity index (χ3n) is 5.32. The number of hydrogen-bond donors (Lipinski definition) is 1. The molecule has 0 aliphatic carbocycles. The van der Waals surface area contributed by atoms with Gasteiger partial charge >= 0.3 is 0 Å². The second-order valence-corrected chi connectivity index (χ2v) is 11.0. The highest BCUT2D eigenvalue weighted by Crippen LogP contribution is 2.38. The molecule has 0 fully saturated rings. The molecule has 0 saturated carbocycles. The van der Waals surface area contributed by atoms with E-state index in [1.54, 1.807) is 0 Å². The lowest BCUT2D eigenvalue weighted by Crippen LogP contribution is -2.37. The van der Waals surface area contributed by atoms with E-state index in [1.165, 1.54) is 63.9 Å². The van der Waals surface area contributed by atoms with Crippen LogP contribution >= 0.6 is 7.82 Å². The van der Waals surface area contributed by atoms with Crippen molar-refractivity contribution in [2.45, 2.75) is 96.1 Å². The molecular weight excluding hydrogens is 443 g/mol. The predicted octanol–water partition coefficient (Wildman–Crippen LogP) is 5.49. The summed E-state index contributed by atoms with van der Waals surface area (Å²) in [5.41, 5.74) is 8.72. The van der Waals surface area contributed by atoms with Crippen molar-refractivity contribution in [3.8, 4) is 0 Å². The zero-order chi connectivity index (χ0) is 25.0. The van der Waals surface area contributed by atoms with Gasteiger partial charge in [-0.3, -0.25) is 4.57 Å². The van der Waals surface area contributed by atoms with Crippen molar-refractivity contribution in [3.63, 3.8) is 0 Å². The lowest BCUT2D eigenvalue weighted by molar-refractivity contribution is -0.870. The Labute approximate surface area is 201 Å². The van der Waals surface area contributed by atoms with Gasteiger partial charge in [-0.05, 0) is 18.4 Å². The molecule has 0 aliphatic heterocycles. The number of unbranched alkanes of at least 4 members (excludes halogenated alkanes) is 11. The molecule has 0 aromatic rings. The van der Waals surface area contributed by atoms with E-state index >= 15 is 0 Å². The molecule has 194 valence electrons. The summed E-state index contributed by atoms with van der Waals surface area (Å²) in [6.07, 6.45) is 17.1. The number of aliphatic hydroxyl groups excluding tert-OH is 1. The molecule has 0 amide bonds. The van der Waals surface area contributed by atoms with Crippen molar-refractivity contribution < 1.29 is 28.1 Å². The normalized spacial score (nSPS) is 15.8. The lowest BCUT2D eigenvalue weighted by atomic mass is 10.0. The second kappa shape index (κ2) is 19.4. The molecule has 0 aromatic heterocycles. The number of phosphoric ester groups is 1. The summed E-state index contributed by atoms with van der Waals surface area (Å²) in [6.45, 7) is 2.23. The summed E-state index contributed by atoms with van der Waals surface area (Å²) in [7, 11) is 1.21. The number of likely N-dealkylation sites (N-methyl/N-ethyl adjacent to an activating group) is 1. The van der Waals surface area contributed by atoms with Crippen LogP contribution in [0.2, 0.25) is 0 Å². The predicted molar refractivity (Wildman–Crippen MR) is 132 cm³/mol. The SMILES string of the molecule is CCCCCCCCCCCCC/C=C/[C@H](O)[C@H](COP(=O)([O-])OCC[N+](C)(C)C)N=[N+]=[N-]. The highest BCUT2D eigenvalue weighted by atomic mass is 31.2. The number of azide groups is 1. The van der Waals surface area contributed by atoms with Gasteiger partial charge < -0.3 is 23.5 Å². The van der Waals surface area contributed by atoms with Crippen molar-refractivity contribution in [3.05, 3.63) is 22.6 Å². The van der Waals surface area contributed by atoms with Crippen LogP contribution in [0, 0.1) is 0 Å². The van der Waals surface area contributed by atoms with Gasteiger partial charge in [0.05, 0.1) is 39.9 Å². The number of nitrogens with zero attached hydrogens (tertiary/aromatic N) is 4. The van der Waals surface area contributed by atoms with Gasteiger partial charge in [0.15, 0.2) is 0 Å². The molecule has 0 saturated heterocycles. The Hall–Kier alpha value is -0.920. The van der Waals surface area contributed by atoms with E-state index < -0.39 is 26.6 Å². The van der Waals surface area contributed by atoms with E-state index in [2.05, 4.69) is 16.9 Å². The van der Waals surface area contributed by atoms with Gasteiger partial charge in [-0.15, -0.1) is 0 Å². The lowest BCUT2D eigenvalue weighted by Gasteiger charge is -2.28. The number of aliphatic hydroxyl groups is 1. The first-order valence-corrected chi connectivity index (χ1v) is 13.9. The molecule has 0 rings (SSSR count). The van der Waals surface area contributed by atoms with E-state index in [0.29, 0.717) is 11.0 Å². The van der Waals surface area contributed by atoms with Crippen molar-refractivity contribution >= 4 is 7.82 Å². The monoisotopic (exact) mass is 490 g/mol. The molecule has 0 radical (unpaired) electrons. The van der Waals surface area contributed by atoms with Crippen LogP contribution in [0.15, 0.2) is 17.3 Å². The van der Waals surface area contributed by atoms with Gasteiger partial charge in [0.1, 0.15) is 13.2 Å². The fraction of sp³-hybridized carbons (Fsp3) is 0.913. The maximum atomic E-state index is 11.9. The molecule has 33 heavy (non-hydrogen) atoms. The van der Waals surface area contributed by atoms with Crippen LogP contribution in [0.1, 0.15) is 84.0 Å². The quantitative estimate of drug-likeness (QED) is 0.0408. The van der Waals surface area contributed by atoms with E-state index in [1.807, 2.05) is 27.2 Å². The van der Waals surface area contributed by atoms with E-state index in [-0.39, 0.29) is 6.61 Å². The largest absolute Gasteiger partial charge is 0.756 e. The number of phosphoric acid groups is 1. The molecule has 1 N–H and O–H groups in total. The third kappa shape index (κ3) is 21.4. The van der Waals surface area contributed by atoms with E-state index in [9.17, 15) is 14.6 Å². The van der Waals surface area contributed by atoms with Gasteiger partial charge in [0.25, 0.3) is 7.82 Å². The van der Waals surface area contributed by atoms with Gasteiger partial charge in [-0.25, -0.2) is 0 Å². The maximum Gasteiger partial charge on any atom is 0.268 e. The standard InChI is InChI=1S/C23H47N4O5P/c1-5-6-7-8-9-10-11-12-13-14-15-16-17-18-23(28)22(25-26-24)21-32-33(29,30)31-20-19-27(2,3)4/h17-18,22-23,28H,5-16,19-21H2,1-4H3/b18-17+/t22-,23-/m0/s1. The Morgan fingerprint density at radius 1 is 1.03 bits per heavy atom. The van der Waals surface area contributed by atoms with E-state index in [0.717, 1.165) is 19.3 Å². The Kier molecular flexibility index (Phi) is 18.9. The maximum absolute atomic E-state index is 11.9. The van der Waals surface area contributed by atoms with Crippen LogP contribution < -0.4 is 4.89 Å². The average molecular weight is 491 g/mol. The molecule has 10 heteroatoms. The summed E-state index contributed by atoms with van der Waals surface area (Å²) in [5, 5.41) is 13.7. The molecule has 0 aromatic carbocycles. The van der Waals surface area contributed by atoms with Crippen LogP contribution in [-0.2, 0) is 13.6 Å². The van der Waals surface area contributed by atoms with Crippen LogP contribution in [0.4, 0.5) is 0 Å². The number of allylic oxidation sites excluding steroid dienone is 1. The third-order valence-corrected chi connectivity index (χ3v) is 6.28. The minimum atomic E-state index is -4.53. The molecule has 0 aliphatic rings. The number of quaternary nitrogens is 1. The van der Waals surface area contributed by atoms with Gasteiger partial charge in [0.2, 0.25) is 0 Å². The van der Waals surface area contributed by atoms with Crippen molar-refractivity contribution in [2.24, 2.45) is 5.11 Å². The topological polar surface area (TPSA) is 128 Å². The van der Waals surface area contributed by atoms with Gasteiger partial charge in [-0.2, -0.15) is 0 Å². The Bertz CT molecular complexity index is 606. The van der Waals surface area contributed by atoms with Crippen LogP contribution in [0.25, 0.3) is 10.4 Å². The van der Waals surface area contributed by atoms with Crippen molar-refractivity contribution in [1.82, 2.24) is 0 Å². The molecule has 9 nitrogen and oxygen atoms in total. The molecule has 0 bridgehead atoms. The van der Waals surface area contributed by atoms with Crippen LogP contribution in [0.3, 0.4) is 0 Å². The minimum absolute atomic E-state index is 0.0160. The number of hydrogen-bond acceptors (Lipinski definition) is 6. The Morgan fingerprint density at radius 3 is 2.09 bits per heavy atom. The Balaban J connectivity index is 4.06. The minimum Gasteiger partial charge on any atom is -0.756 e.